The van der Waals surface area contributed by atoms with Crippen LogP contribution in [-0.2, 0) is 0 Å². The molecular weight excluding hydrogens is 379 g/mol. The van der Waals surface area contributed by atoms with Crippen LogP contribution in [0.25, 0.3) is 0 Å². The second kappa shape index (κ2) is 11.7. The van der Waals surface area contributed by atoms with Gasteiger partial charge in [-0.25, -0.2) is 0 Å². The maximum atomic E-state index is 2.32. The molecule has 0 radical (unpaired) electrons. The fourth-order valence-corrected chi connectivity index (χ4v) is 2.16. The van der Waals surface area contributed by atoms with Crippen molar-refractivity contribution in [1.29, 1.82) is 0 Å². The highest BCUT2D eigenvalue weighted by molar-refractivity contribution is 14.1. The van der Waals surface area contributed by atoms with Crippen LogP contribution in [0, 0.1) is 10.5 Å². The zero-order valence-electron chi connectivity index (χ0n) is 13.2. The summed E-state index contributed by atoms with van der Waals surface area (Å²) in [5.74, 6) is 1.30. The Bertz CT molecular complexity index is 443. The molecule has 2 aromatic rings. The average Bonchev–Trinajstić information content (AvgIpc) is 2.40. The van der Waals surface area contributed by atoms with Crippen molar-refractivity contribution >= 4 is 22.6 Å². The number of hydrogen-bond donors (Lipinski definition) is 0. The van der Waals surface area contributed by atoms with E-state index in [0.29, 0.717) is 11.8 Å². The zero-order valence-corrected chi connectivity index (χ0v) is 15.3. The van der Waals surface area contributed by atoms with Crippen LogP contribution in [0.1, 0.15) is 71.1 Å². The minimum atomic E-state index is 0. The van der Waals surface area contributed by atoms with Gasteiger partial charge in [0.25, 0.3) is 0 Å². The van der Waals surface area contributed by atoms with Gasteiger partial charge in [0, 0.05) is 3.57 Å². The molecule has 0 aliphatic carbocycles. The first-order valence-electron chi connectivity index (χ1n) is 7.22. The van der Waals surface area contributed by atoms with Crippen molar-refractivity contribution in [2.45, 2.75) is 61.3 Å². The molecule has 0 N–H and O–H groups in total. The summed E-state index contributed by atoms with van der Waals surface area (Å²) in [6.07, 6.45) is 0. The van der Waals surface area contributed by atoms with Crippen LogP contribution < -0.4 is 0 Å². The first kappa shape index (κ1) is 23.4. The molecule has 0 unspecified atom stereocenters. The zero-order chi connectivity index (χ0) is 15.1. The van der Waals surface area contributed by atoms with Crippen LogP contribution >= 0.6 is 22.6 Å². The van der Waals surface area contributed by atoms with Gasteiger partial charge < -0.3 is 0 Å². The maximum absolute atomic E-state index is 2.32. The van der Waals surface area contributed by atoms with E-state index in [1.54, 1.807) is 0 Å². The van der Waals surface area contributed by atoms with E-state index >= 15 is 0 Å². The Morgan fingerprint density at radius 1 is 0.636 bits per heavy atom. The average molecular weight is 412 g/mol. The third-order valence-corrected chi connectivity index (χ3v) is 4.00. The molecule has 2 rings (SSSR count). The summed E-state index contributed by atoms with van der Waals surface area (Å²) in [4.78, 5) is 0. The van der Waals surface area contributed by atoms with Gasteiger partial charge in [-0.2, -0.15) is 0 Å². The van der Waals surface area contributed by atoms with Crippen molar-refractivity contribution in [1.82, 2.24) is 0 Å². The smallest absolute Gasteiger partial charge is 0.0130 e. The van der Waals surface area contributed by atoms with Gasteiger partial charge in [-0.1, -0.05) is 84.5 Å². The summed E-state index contributed by atoms with van der Waals surface area (Å²) in [6, 6.07) is 17.4. The highest BCUT2D eigenvalue weighted by Crippen LogP contribution is 2.15. The van der Waals surface area contributed by atoms with Gasteiger partial charge in [0.05, 0.1) is 0 Å². The Kier molecular flexibility index (Phi) is 12.5. The highest BCUT2D eigenvalue weighted by Gasteiger charge is 1.96. The molecule has 0 atom stereocenters. The fraction of sp³-hybridized carbons (Fsp3) is 0.429. The predicted octanol–water partition coefficient (Wildman–Crippen LogP) is 7.81. The molecular formula is C21H33I. The van der Waals surface area contributed by atoms with Crippen molar-refractivity contribution in [3.05, 3.63) is 68.8 Å². The van der Waals surface area contributed by atoms with Crippen molar-refractivity contribution in [2.24, 2.45) is 0 Å². The van der Waals surface area contributed by atoms with Crippen molar-refractivity contribution in [3.8, 4) is 0 Å². The van der Waals surface area contributed by atoms with Crippen LogP contribution in [-0.4, -0.2) is 0 Å². The number of aryl methyl sites for hydroxylation is 1. The summed E-state index contributed by atoms with van der Waals surface area (Å²) in [5, 5.41) is 0. The molecule has 0 amide bonds. The summed E-state index contributed by atoms with van der Waals surface area (Å²) in [6.45, 7) is 11.0. The van der Waals surface area contributed by atoms with Gasteiger partial charge in [0.2, 0.25) is 0 Å². The normalized spacial score (nSPS) is 9.45. The Balaban J connectivity index is 0. The lowest BCUT2D eigenvalue weighted by molar-refractivity contribution is 0.866. The lowest BCUT2D eigenvalue weighted by Gasteiger charge is -2.03. The molecule has 0 fully saturated rings. The van der Waals surface area contributed by atoms with E-state index < -0.39 is 0 Å². The molecule has 2 aromatic carbocycles. The quantitative estimate of drug-likeness (QED) is 0.441. The molecule has 0 heterocycles. The standard InChI is InChI=1S/C10H14.C9H11I.2CH4/c1-8(2)10-6-4-9(3)5-7-10;1-7(2)8-3-5-9(10)6-4-8;;/h4-8H,1-3H3;3-7H,1-2H3;2*1H4. The van der Waals surface area contributed by atoms with E-state index in [2.05, 4.69) is 106 Å². The van der Waals surface area contributed by atoms with Gasteiger partial charge in [-0.15, -0.1) is 0 Å². The molecule has 0 spiro atoms. The van der Waals surface area contributed by atoms with Gasteiger partial charge in [0.15, 0.2) is 0 Å². The van der Waals surface area contributed by atoms with E-state index in [9.17, 15) is 0 Å². The summed E-state index contributed by atoms with van der Waals surface area (Å²) < 4.78 is 1.31. The first-order chi connectivity index (χ1) is 9.40. The number of halogens is 1. The molecule has 0 bridgehead atoms. The third kappa shape index (κ3) is 8.57. The number of rotatable bonds is 2. The molecule has 0 aliphatic rings. The second-order valence-corrected chi connectivity index (χ2v) is 7.02. The monoisotopic (exact) mass is 412 g/mol. The van der Waals surface area contributed by atoms with E-state index in [-0.39, 0.29) is 14.9 Å². The van der Waals surface area contributed by atoms with E-state index in [4.69, 9.17) is 0 Å². The van der Waals surface area contributed by atoms with Crippen molar-refractivity contribution < 1.29 is 0 Å². The van der Waals surface area contributed by atoms with Crippen LogP contribution in [0.3, 0.4) is 0 Å². The van der Waals surface area contributed by atoms with Crippen LogP contribution in [0.2, 0.25) is 0 Å². The van der Waals surface area contributed by atoms with Gasteiger partial charge >= 0.3 is 0 Å². The third-order valence-electron chi connectivity index (χ3n) is 3.28. The molecule has 0 aliphatic heterocycles. The Morgan fingerprint density at radius 3 is 1.27 bits per heavy atom. The first-order valence-corrected chi connectivity index (χ1v) is 8.30. The fourth-order valence-electron chi connectivity index (χ4n) is 1.80. The Morgan fingerprint density at radius 2 is 0.955 bits per heavy atom. The summed E-state index contributed by atoms with van der Waals surface area (Å²) >= 11 is 2.32. The lowest BCUT2D eigenvalue weighted by Crippen LogP contribution is -1.85. The summed E-state index contributed by atoms with van der Waals surface area (Å²) in [7, 11) is 0. The molecule has 124 valence electrons. The topological polar surface area (TPSA) is 0 Å². The van der Waals surface area contributed by atoms with Crippen LogP contribution in [0.5, 0.6) is 0 Å². The molecule has 0 saturated carbocycles. The maximum Gasteiger partial charge on any atom is 0.0130 e. The summed E-state index contributed by atoms with van der Waals surface area (Å²) in [5.41, 5.74) is 4.18. The highest BCUT2D eigenvalue weighted by atomic mass is 127. The van der Waals surface area contributed by atoms with Crippen molar-refractivity contribution in [3.63, 3.8) is 0 Å². The molecule has 0 saturated heterocycles. The molecule has 1 heteroatoms. The van der Waals surface area contributed by atoms with E-state index in [1.807, 2.05) is 0 Å². The second-order valence-electron chi connectivity index (χ2n) is 5.77. The largest absolute Gasteiger partial charge is 0.0776 e. The Hall–Kier alpha value is -0.830. The van der Waals surface area contributed by atoms with Gasteiger partial charge in [-0.05, 0) is 64.6 Å². The van der Waals surface area contributed by atoms with E-state index in [0.717, 1.165) is 0 Å². The van der Waals surface area contributed by atoms with Crippen LogP contribution in [0.15, 0.2) is 48.5 Å². The SMILES string of the molecule is C.C.CC(C)c1ccc(I)cc1.Cc1ccc(C(C)C)cc1. The minimum absolute atomic E-state index is 0. The van der Waals surface area contributed by atoms with Crippen molar-refractivity contribution in [2.75, 3.05) is 0 Å². The molecule has 0 aromatic heterocycles. The van der Waals surface area contributed by atoms with E-state index in [1.165, 1.54) is 20.3 Å². The number of benzene rings is 2. The lowest BCUT2D eigenvalue weighted by atomic mass is 10.0. The number of hydrogen-bond acceptors (Lipinski definition) is 0. The molecule has 22 heavy (non-hydrogen) atoms. The van der Waals surface area contributed by atoms with Gasteiger partial charge in [0.1, 0.15) is 0 Å². The van der Waals surface area contributed by atoms with Gasteiger partial charge in [-0.3, -0.25) is 0 Å². The molecule has 0 nitrogen and oxygen atoms in total. The minimum Gasteiger partial charge on any atom is -0.0776 e. The van der Waals surface area contributed by atoms with Crippen LogP contribution in [0.4, 0.5) is 0 Å². The predicted molar refractivity (Wildman–Crippen MR) is 112 cm³/mol. The Labute approximate surface area is 152 Å².